The molecule has 0 spiro atoms. The number of carbonyl (C=O) groups is 1. The molecule has 0 saturated carbocycles. The SMILES string of the molecule is Cc1cc(=O)n(C(=O)CN2CCCC2CN)o1. The van der Waals surface area contributed by atoms with E-state index in [0.29, 0.717) is 12.3 Å². The number of likely N-dealkylation sites (tertiary alicyclic amines) is 1. The van der Waals surface area contributed by atoms with Crippen molar-refractivity contribution in [1.29, 1.82) is 0 Å². The molecule has 2 rings (SSSR count). The summed E-state index contributed by atoms with van der Waals surface area (Å²) in [5.41, 5.74) is 5.22. The van der Waals surface area contributed by atoms with E-state index in [0.717, 1.165) is 24.1 Å². The van der Waals surface area contributed by atoms with Gasteiger partial charge in [0.15, 0.2) is 0 Å². The van der Waals surface area contributed by atoms with Crippen LogP contribution in [0.4, 0.5) is 0 Å². The molecule has 0 aliphatic carbocycles. The summed E-state index contributed by atoms with van der Waals surface area (Å²) in [4.78, 5) is 25.3. The average Bonchev–Trinajstić information content (AvgIpc) is 2.84. The molecule has 1 atom stereocenters. The second kappa shape index (κ2) is 4.85. The number of hydrogen-bond donors (Lipinski definition) is 1. The van der Waals surface area contributed by atoms with Crippen molar-refractivity contribution in [1.82, 2.24) is 9.64 Å². The molecule has 2 heterocycles. The number of aromatic nitrogens is 1. The molecule has 17 heavy (non-hydrogen) atoms. The van der Waals surface area contributed by atoms with Crippen LogP contribution in [-0.4, -0.2) is 41.2 Å². The van der Waals surface area contributed by atoms with Crippen LogP contribution in [0.1, 0.15) is 23.4 Å². The summed E-state index contributed by atoms with van der Waals surface area (Å²) in [5, 5.41) is 0. The maximum absolute atomic E-state index is 11.9. The Morgan fingerprint density at radius 3 is 3.00 bits per heavy atom. The fourth-order valence-electron chi connectivity index (χ4n) is 2.23. The second-order valence-electron chi connectivity index (χ2n) is 4.37. The number of nitrogens with two attached hydrogens (primary N) is 1. The van der Waals surface area contributed by atoms with Crippen LogP contribution < -0.4 is 11.3 Å². The van der Waals surface area contributed by atoms with Crippen LogP contribution in [0, 0.1) is 6.92 Å². The molecule has 0 aromatic carbocycles. The highest BCUT2D eigenvalue weighted by atomic mass is 16.5. The van der Waals surface area contributed by atoms with Gasteiger partial charge in [-0.3, -0.25) is 14.5 Å². The summed E-state index contributed by atoms with van der Waals surface area (Å²) < 4.78 is 5.87. The van der Waals surface area contributed by atoms with Crippen LogP contribution in [0.3, 0.4) is 0 Å². The van der Waals surface area contributed by atoms with Crippen molar-refractivity contribution in [2.75, 3.05) is 19.6 Å². The predicted molar refractivity (Wildman–Crippen MR) is 62.0 cm³/mol. The molecule has 1 aliphatic heterocycles. The van der Waals surface area contributed by atoms with Gasteiger partial charge in [-0.25, -0.2) is 0 Å². The quantitative estimate of drug-likeness (QED) is 0.790. The zero-order valence-electron chi connectivity index (χ0n) is 9.89. The monoisotopic (exact) mass is 239 g/mol. The highest BCUT2D eigenvalue weighted by molar-refractivity contribution is 5.79. The lowest BCUT2D eigenvalue weighted by molar-refractivity contribution is 0.0708. The Balaban J connectivity index is 2.07. The summed E-state index contributed by atoms with van der Waals surface area (Å²) in [6.07, 6.45) is 2.05. The molecule has 1 fully saturated rings. The molecule has 2 N–H and O–H groups in total. The second-order valence-corrected chi connectivity index (χ2v) is 4.37. The van der Waals surface area contributed by atoms with Gasteiger partial charge in [0.1, 0.15) is 5.76 Å². The first-order valence-corrected chi connectivity index (χ1v) is 5.79. The minimum Gasteiger partial charge on any atom is -0.373 e. The molecule has 6 heteroatoms. The molecular formula is C11H17N3O3. The van der Waals surface area contributed by atoms with Gasteiger partial charge in [-0.2, -0.15) is 0 Å². The van der Waals surface area contributed by atoms with E-state index in [1.165, 1.54) is 6.07 Å². The first-order valence-electron chi connectivity index (χ1n) is 5.79. The van der Waals surface area contributed by atoms with Gasteiger partial charge in [0.05, 0.1) is 6.54 Å². The Morgan fingerprint density at radius 1 is 1.65 bits per heavy atom. The first-order chi connectivity index (χ1) is 8.11. The lowest BCUT2D eigenvalue weighted by Crippen LogP contribution is -2.41. The van der Waals surface area contributed by atoms with Crippen LogP contribution in [0.5, 0.6) is 0 Å². The van der Waals surface area contributed by atoms with Crippen molar-refractivity contribution < 1.29 is 9.32 Å². The summed E-state index contributed by atoms with van der Waals surface area (Å²) in [5.74, 6) is 0.114. The fourth-order valence-corrected chi connectivity index (χ4v) is 2.23. The van der Waals surface area contributed by atoms with Gasteiger partial charge in [-0.15, -0.1) is 4.74 Å². The third kappa shape index (κ3) is 2.48. The van der Waals surface area contributed by atoms with Crippen molar-refractivity contribution in [3.63, 3.8) is 0 Å². The summed E-state index contributed by atoms with van der Waals surface area (Å²) >= 11 is 0. The zero-order valence-corrected chi connectivity index (χ0v) is 9.89. The van der Waals surface area contributed by atoms with E-state index in [1.807, 2.05) is 4.90 Å². The third-order valence-corrected chi connectivity index (χ3v) is 3.10. The molecular weight excluding hydrogens is 222 g/mol. The van der Waals surface area contributed by atoms with Gasteiger partial charge >= 0.3 is 0 Å². The number of aryl methyl sites for hydroxylation is 1. The molecule has 1 aliphatic rings. The fraction of sp³-hybridized carbons (Fsp3) is 0.636. The third-order valence-electron chi connectivity index (χ3n) is 3.10. The van der Waals surface area contributed by atoms with E-state index >= 15 is 0 Å². The minimum atomic E-state index is -0.406. The molecule has 0 bridgehead atoms. The lowest BCUT2D eigenvalue weighted by Gasteiger charge is -2.21. The Labute approximate surface area is 98.9 Å². The van der Waals surface area contributed by atoms with Gasteiger partial charge in [0, 0.05) is 18.7 Å². The Hall–Kier alpha value is -1.40. The molecule has 1 aromatic rings. The number of hydrogen-bond acceptors (Lipinski definition) is 5. The number of nitrogens with zero attached hydrogens (tertiary/aromatic N) is 2. The standard InChI is InChI=1S/C11H17N3O3/c1-8-5-10(15)14(17-8)11(16)7-13-4-2-3-9(13)6-12/h5,9H,2-4,6-7,12H2,1H3. The Kier molecular flexibility index (Phi) is 3.44. The molecule has 1 unspecified atom stereocenters. The average molecular weight is 239 g/mol. The smallest absolute Gasteiger partial charge is 0.290 e. The van der Waals surface area contributed by atoms with Crippen molar-refractivity contribution in [2.45, 2.75) is 25.8 Å². The van der Waals surface area contributed by atoms with E-state index in [1.54, 1.807) is 6.92 Å². The van der Waals surface area contributed by atoms with Crippen LogP contribution >= 0.6 is 0 Å². The van der Waals surface area contributed by atoms with Crippen molar-refractivity contribution in [2.24, 2.45) is 5.73 Å². The van der Waals surface area contributed by atoms with E-state index < -0.39 is 5.56 Å². The van der Waals surface area contributed by atoms with Crippen molar-refractivity contribution in [3.8, 4) is 0 Å². The zero-order chi connectivity index (χ0) is 12.4. The highest BCUT2D eigenvalue weighted by Gasteiger charge is 2.26. The van der Waals surface area contributed by atoms with E-state index in [9.17, 15) is 9.59 Å². The van der Waals surface area contributed by atoms with Crippen LogP contribution in [0.15, 0.2) is 15.4 Å². The number of carbonyl (C=O) groups excluding carboxylic acids is 1. The lowest BCUT2D eigenvalue weighted by atomic mass is 10.2. The highest BCUT2D eigenvalue weighted by Crippen LogP contribution is 2.15. The van der Waals surface area contributed by atoms with Crippen LogP contribution in [-0.2, 0) is 0 Å². The van der Waals surface area contributed by atoms with E-state index in [4.69, 9.17) is 10.3 Å². The van der Waals surface area contributed by atoms with E-state index in [-0.39, 0.29) is 18.5 Å². The summed E-state index contributed by atoms with van der Waals surface area (Å²) in [7, 11) is 0. The molecule has 94 valence electrons. The minimum absolute atomic E-state index is 0.189. The van der Waals surface area contributed by atoms with Crippen molar-refractivity contribution >= 4 is 5.91 Å². The summed E-state index contributed by atoms with van der Waals surface area (Å²) in [6, 6.07) is 1.55. The largest absolute Gasteiger partial charge is 0.373 e. The van der Waals surface area contributed by atoms with Gasteiger partial charge in [0.25, 0.3) is 11.5 Å². The van der Waals surface area contributed by atoms with Gasteiger partial charge < -0.3 is 10.3 Å². The normalized spacial score (nSPS) is 20.9. The Morgan fingerprint density at radius 2 is 2.41 bits per heavy atom. The van der Waals surface area contributed by atoms with Gasteiger partial charge in [-0.1, -0.05) is 0 Å². The molecule has 0 radical (unpaired) electrons. The maximum atomic E-state index is 11.9. The topological polar surface area (TPSA) is 81.5 Å². The molecule has 0 amide bonds. The molecule has 1 aromatic heterocycles. The number of rotatable bonds is 3. The maximum Gasteiger partial charge on any atom is 0.290 e. The van der Waals surface area contributed by atoms with E-state index in [2.05, 4.69) is 0 Å². The molecule has 6 nitrogen and oxygen atoms in total. The van der Waals surface area contributed by atoms with Crippen LogP contribution in [0.2, 0.25) is 0 Å². The van der Waals surface area contributed by atoms with Gasteiger partial charge in [-0.05, 0) is 26.3 Å². The van der Waals surface area contributed by atoms with Crippen LogP contribution in [0.25, 0.3) is 0 Å². The predicted octanol–water partition coefficient (Wildman–Crippen LogP) is -0.187. The Bertz CT molecular complexity index is 463. The summed E-state index contributed by atoms with van der Waals surface area (Å²) in [6.45, 7) is 3.22. The molecule has 1 saturated heterocycles. The van der Waals surface area contributed by atoms with Gasteiger partial charge in [0.2, 0.25) is 0 Å². The first kappa shape index (κ1) is 12.1. The van der Waals surface area contributed by atoms with Crippen molar-refractivity contribution in [3.05, 3.63) is 22.2 Å².